The number of hydrogen-bond donors (Lipinski definition) is 1. The van der Waals surface area contributed by atoms with E-state index < -0.39 is 6.36 Å². The molecule has 2 nitrogen and oxygen atoms in total. The van der Waals surface area contributed by atoms with Crippen LogP contribution in [0.15, 0.2) is 24.3 Å². The normalized spacial score (nSPS) is 27.1. The van der Waals surface area contributed by atoms with Gasteiger partial charge in [-0.15, -0.1) is 13.2 Å². The fourth-order valence-electron chi connectivity index (χ4n) is 2.70. The summed E-state index contributed by atoms with van der Waals surface area (Å²) in [4.78, 5) is 0. The lowest BCUT2D eigenvalue weighted by molar-refractivity contribution is -0.274. The third kappa shape index (κ3) is 4.32. The Labute approximate surface area is 117 Å². The Balaban J connectivity index is 1.98. The fourth-order valence-corrected chi connectivity index (χ4v) is 2.70. The van der Waals surface area contributed by atoms with Crippen molar-refractivity contribution < 1.29 is 17.9 Å². The topological polar surface area (TPSA) is 21.3 Å². The minimum atomic E-state index is -4.65. The Morgan fingerprint density at radius 3 is 2.55 bits per heavy atom. The maximum Gasteiger partial charge on any atom is 0.573 e. The standard InChI is InChI=1S/C15H20F3NO/c1-10-6-7-13(8-11(10)2)19-12-4-3-5-14(9-12)20-15(16,17)18/h3-5,9-11,13,19H,6-8H2,1-2H3. The second kappa shape index (κ2) is 5.94. The summed E-state index contributed by atoms with van der Waals surface area (Å²) in [7, 11) is 0. The summed E-state index contributed by atoms with van der Waals surface area (Å²) in [5.41, 5.74) is 0.679. The molecule has 2 rings (SSSR count). The fraction of sp³-hybridized carbons (Fsp3) is 0.600. The molecule has 1 aliphatic carbocycles. The summed E-state index contributed by atoms with van der Waals surface area (Å²) >= 11 is 0. The van der Waals surface area contributed by atoms with Crippen LogP contribution in [-0.2, 0) is 0 Å². The third-order valence-corrected chi connectivity index (χ3v) is 4.04. The molecular weight excluding hydrogens is 267 g/mol. The van der Waals surface area contributed by atoms with E-state index in [0.717, 1.165) is 19.3 Å². The van der Waals surface area contributed by atoms with E-state index in [0.29, 0.717) is 23.6 Å². The van der Waals surface area contributed by atoms with Crippen LogP contribution in [0.2, 0.25) is 0 Å². The quantitative estimate of drug-likeness (QED) is 0.860. The van der Waals surface area contributed by atoms with Crippen LogP contribution in [0.25, 0.3) is 0 Å². The Morgan fingerprint density at radius 1 is 1.15 bits per heavy atom. The second-order valence-electron chi connectivity index (χ2n) is 5.68. The molecule has 5 heteroatoms. The van der Waals surface area contributed by atoms with E-state index >= 15 is 0 Å². The molecule has 0 spiro atoms. The number of alkyl halides is 3. The Hall–Kier alpha value is -1.39. The molecule has 3 atom stereocenters. The zero-order valence-corrected chi connectivity index (χ0v) is 11.7. The molecule has 0 heterocycles. The molecule has 3 unspecified atom stereocenters. The van der Waals surface area contributed by atoms with Crippen LogP contribution < -0.4 is 10.1 Å². The molecule has 1 aromatic rings. The Bertz CT molecular complexity index is 447. The summed E-state index contributed by atoms with van der Waals surface area (Å²) in [5, 5.41) is 3.31. The van der Waals surface area contributed by atoms with Crippen molar-refractivity contribution in [3.63, 3.8) is 0 Å². The van der Waals surface area contributed by atoms with Gasteiger partial charge in [-0.1, -0.05) is 19.9 Å². The third-order valence-electron chi connectivity index (χ3n) is 4.04. The number of benzene rings is 1. The van der Waals surface area contributed by atoms with Gasteiger partial charge in [0.15, 0.2) is 0 Å². The van der Waals surface area contributed by atoms with Crippen LogP contribution in [-0.4, -0.2) is 12.4 Å². The van der Waals surface area contributed by atoms with Crippen LogP contribution in [0.3, 0.4) is 0 Å². The van der Waals surface area contributed by atoms with Gasteiger partial charge in [-0.3, -0.25) is 0 Å². The highest BCUT2D eigenvalue weighted by Gasteiger charge is 2.31. The van der Waals surface area contributed by atoms with Crippen LogP contribution in [0, 0.1) is 11.8 Å². The molecule has 0 aliphatic heterocycles. The van der Waals surface area contributed by atoms with Gasteiger partial charge in [0, 0.05) is 17.8 Å². The van der Waals surface area contributed by atoms with Crippen molar-refractivity contribution in [2.75, 3.05) is 5.32 Å². The van der Waals surface area contributed by atoms with Gasteiger partial charge in [0.1, 0.15) is 5.75 Å². The van der Waals surface area contributed by atoms with E-state index in [1.54, 1.807) is 12.1 Å². The highest BCUT2D eigenvalue weighted by molar-refractivity contribution is 5.49. The molecule has 20 heavy (non-hydrogen) atoms. The molecule has 0 amide bonds. The molecule has 0 radical (unpaired) electrons. The summed E-state index contributed by atoms with van der Waals surface area (Å²) in [6.45, 7) is 4.47. The SMILES string of the molecule is CC1CCC(Nc2cccc(OC(F)(F)F)c2)CC1C. The van der Waals surface area contributed by atoms with Crippen LogP contribution in [0.4, 0.5) is 18.9 Å². The first-order valence-electron chi connectivity index (χ1n) is 6.96. The number of ether oxygens (including phenoxy) is 1. The van der Waals surface area contributed by atoms with Crippen molar-refractivity contribution in [2.45, 2.75) is 45.5 Å². The van der Waals surface area contributed by atoms with Gasteiger partial charge >= 0.3 is 6.36 Å². The number of nitrogens with one attached hydrogen (secondary N) is 1. The number of anilines is 1. The smallest absolute Gasteiger partial charge is 0.406 e. The van der Waals surface area contributed by atoms with Crippen molar-refractivity contribution >= 4 is 5.69 Å². The predicted molar refractivity (Wildman–Crippen MR) is 72.7 cm³/mol. The first-order chi connectivity index (χ1) is 9.33. The lowest BCUT2D eigenvalue weighted by atomic mass is 9.79. The highest BCUT2D eigenvalue weighted by Crippen LogP contribution is 2.32. The van der Waals surface area contributed by atoms with E-state index in [9.17, 15) is 13.2 Å². The summed E-state index contributed by atoms with van der Waals surface area (Å²) in [6, 6.07) is 6.37. The van der Waals surface area contributed by atoms with Crippen LogP contribution in [0.5, 0.6) is 5.75 Å². The second-order valence-corrected chi connectivity index (χ2v) is 5.68. The Kier molecular flexibility index (Phi) is 4.45. The Morgan fingerprint density at radius 2 is 1.90 bits per heavy atom. The molecule has 1 aromatic carbocycles. The van der Waals surface area contributed by atoms with Gasteiger partial charge in [-0.25, -0.2) is 0 Å². The lowest BCUT2D eigenvalue weighted by Gasteiger charge is -2.33. The number of rotatable bonds is 3. The predicted octanol–water partition coefficient (Wildman–Crippen LogP) is 4.82. The van der Waals surface area contributed by atoms with E-state index in [4.69, 9.17) is 0 Å². The largest absolute Gasteiger partial charge is 0.573 e. The summed E-state index contributed by atoms with van der Waals surface area (Å²) in [6.07, 6.45) is -1.40. The molecule has 1 N–H and O–H groups in total. The van der Waals surface area contributed by atoms with Gasteiger partial charge in [-0.2, -0.15) is 0 Å². The van der Waals surface area contributed by atoms with Gasteiger partial charge < -0.3 is 10.1 Å². The average molecular weight is 287 g/mol. The highest BCUT2D eigenvalue weighted by atomic mass is 19.4. The lowest BCUT2D eigenvalue weighted by Crippen LogP contribution is -2.30. The first-order valence-corrected chi connectivity index (χ1v) is 6.96. The molecule has 0 saturated heterocycles. The van der Waals surface area contributed by atoms with Crippen LogP contribution >= 0.6 is 0 Å². The summed E-state index contributed by atoms with van der Waals surface area (Å²) < 4.78 is 40.5. The number of halogens is 3. The molecular formula is C15H20F3NO. The van der Waals surface area contributed by atoms with Gasteiger partial charge in [-0.05, 0) is 43.2 Å². The van der Waals surface area contributed by atoms with E-state index in [2.05, 4.69) is 23.9 Å². The maximum atomic E-state index is 12.2. The van der Waals surface area contributed by atoms with E-state index in [1.165, 1.54) is 12.1 Å². The van der Waals surface area contributed by atoms with Crippen molar-refractivity contribution in [2.24, 2.45) is 11.8 Å². The van der Waals surface area contributed by atoms with Crippen LogP contribution in [0.1, 0.15) is 33.1 Å². The minimum absolute atomic E-state index is 0.181. The van der Waals surface area contributed by atoms with Crippen molar-refractivity contribution in [3.05, 3.63) is 24.3 Å². The molecule has 0 aromatic heterocycles. The maximum absolute atomic E-state index is 12.2. The van der Waals surface area contributed by atoms with Gasteiger partial charge in [0.2, 0.25) is 0 Å². The van der Waals surface area contributed by atoms with Crippen molar-refractivity contribution in [1.82, 2.24) is 0 Å². The van der Waals surface area contributed by atoms with Crippen molar-refractivity contribution in [3.8, 4) is 5.75 Å². The zero-order chi connectivity index (χ0) is 14.8. The molecule has 0 bridgehead atoms. The number of hydrogen-bond acceptors (Lipinski definition) is 2. The monoisotopic (exact) mass is 287 g/mol. The zero-order valence-electron chi connectivity index (χ0n) is 11.7. The molecule has 1 aliphatic rings. The minimum Gasteiger partial charge on any atom is -0.406 e. The van der Waals surface area contributed by atoms with E-state index in [-0.39, 0.29) is 5.75 Å². The summed E-state index contributed by atoms with van der Waals surface area (Å²) in [5.74, 6) is 1.17. The molecule has 112 valence electrons. The van der Waals surface area contributed by atoms with E-state index in [1.807, 2.05) is 0 Å². The van der Waals surface area contributed by atoms with Gasteiger partial charge in [0.25, 0.3) is 0 Å². The molecule has 1 fully saturated rings. The van der Waals surface area contributed by atoms with Gasteiger partial charge in [0.05, 0.1) is 0 Å². The average Bonchev–Trinajstić information content (AvgIpc) is 2.32. The first kappa shape index (κ1) is 15.0. The molecule has 1 saturated carbocycles. The van der Waals surface area contributed by atoms with Crippen molar-refractivity contribution in [1.29, 1.82) is 0 Å².